The number of carboxylic acids is 1. The number of alkyl carbamates (subject to hydrolysis) is 1. The highest BCUT2D eigenvalue weighted by Gasteiger charge is 2.30. The molecule has 1 aliphatic carbocycles. The fourth-order valence-electron chi connectivity index (χ4n) is 4.22. The molecule has 0 saturated heterocycles. The topological polar surface area (TPSA) is 133 Å². The number of hydrogen-bond donors (Lipinski definition) is 4. The SMILES string of the molecule is CC[C@@H](NC(=O)OCC1c2ccccc2-c2ccccc21)C(=O)N[C@@H](Cc1cnc[nH]1)C(=O)O. The van der Waals surface area contributed by atoms with Gasteiger partial charge in [-0.3, -0.25) is 4.79 Å². The molecule has 3 aromatic rings. The van der Waals surface area contributed by atoms with Gasteiger partial charge in [-0.15, -0.1) is 0 Å². The molecule has 0 unspecified atom stereocenters. The summed E-state index contributed by atoms with van der Waals surface area (Å²) >= 11 is 0. The lowest BCUT2D eigenvalue weighted by Crippen LogP contribution is -2.52. The maximum absolute atomic E-state index is 12.7. The standard InChI is InChI=1S/C25H26N4O5/c1-2-21(23(30)28-22(24(31)32)11-15-12-26-14-27-15)29-25(33)34-13-20-18-9-5-3-7-16(18)17-8-4-6-10-19(17)20/h3-10,12,14,20-22H,2,11,13H2,1H3,(H,26,27)(H,28,30)(H,29,33)(H,31,32)/t21-,22+/m1/s1. The van der Waals surface area contributed by atoms with Crippen LogP contribution in [0.1, 0.15) is 36.1 Å². The number of aromatic nitrogens is 2. The molecule has 4 rings (SSSR count). The summed E-state index contributed by atoms with van der Waals surface area (Å²) in [7, 11) is 0. The molecule has 1 heterocycles. The lowest BCUT2D eigenvalue weighted by molar-refractivity contribution is -0.142. The Balaban J connectivity index is 1.36. The lowest BCUT2D eigenvalue weighted by Gasteiger charge is -2.21. The third kappa shape index (κ3) is 4.93. The fourth-order valence-corrected chi connectivity index (χ4v) is 4.22. The van der Waals surface area contributed by atoms with Crippen LogP contribution in [-0.2, 0) is 20.7 Å². The zero-order valence-electron chi connectivity index (χ0n) is 18.7. The van der Waals surface area contributed by atoms with Crippen LogP contribution in [0.3, 0.4) is 0 Å². The highest BCUT2D eigenvalue weighted by molar-refractivity contribution is 5.89. The van der Waals surface area contributed by atoms with Crippen LogP contribution < -0.4 is 10.6 Å². The molecule has 2 aromatic carbocycles. The van der Waals surface area contributed by atoms with Crippen molar-refractivity contribution < 1.29 is 24.2 Å². The smallest absolute Gasteiger partial charge is 0.407 e. The summed E-state index contributed by atoms with van der Waals surface area (Å²) in [5, 5.41) is 14.5. The number of carboxylic acid groups (broad SMARTS) is 1. The van der Waals surface area contributed by atoms with Crippen molar-refractivity contribution in [1.82, 2.24) is 20.6 Å². The van der Waals surface area contributed by atoms with E-state index in [-0.39, 0.29) is 25.4 Å². The van der Waals surface area contributed by atoms with Crippen molar-refractivity contribution in [2.45, 2.75) is 37.8 Å². The normalized spacial score (nSPS) is 13.9. The average Bonchev–Trinajstić information content (AvgIpc) is 3.46. The van der Waals surface area contributed by atoms with Gasteiger partial charge in [-0.05, 0) is 28.7 Å². The maximum atomic E-state index is 12.7. The Labute approximate surface area is 196 Å². The summed E-state index contributed by atoms with van der Waals surface area (Å²) in [5.41, 5.74) is 4.99. The van der Waals surface area contributed by atoms with Crippen LogP contribution in [-0.4, -0.2) is 51.7 Å². The number of carbonyl (C=O) groups excluding carboxylic acids is 2. The summed E-state index contributed by atoms with van der Waals surface area (Å²) in [6.07, 6.45) is 2.51. The number of rotatable bonds is 9. The van der Waals surface area contributed by atoms with Crippen molar-refractivity contribution >= 4 is 18.0 Å². The van der Waals surface area contributed by atoms with E-state index >= 15 is 0 Å². The van der Waals surface area contributed by atoms with Crippen molar-refractivity contribution in [3.63, 3.8) is 0 Å². The van der Waals surface area contributed by atoms with Gasteiger partial charge in [-0.2, -0.15) is 0 Å². The number of amides is 2. The number of hydrogen-bond acceptors (Lipinski definition) is 5. The molecule has 0 spiro atoms. The molecule has 9 nitrogen and oxygen atoms in total. The zero-order valence-corrected chi connectivity index (χ0v) is 18.7. The number of aliphatic carboxylic acids is 1. The predicted molar refractivity (Wildman–Crippen MR) is 124 cm³/mol. The first-order chi connectivity index (χ1) is 16.5. The van der Waals surface area contributed by atoms with Gasteiger partial charge in [0.2, 0.25) is 5.91 Å². The zero-order chi connectivity index (χ0) is 24.1. The van der Waals surface area contributed by atoms with Gasteiger partial charge < -0.3 is 25.5 Å². The number of ether oxygens (including phenoxy) is 1. The average molecular weight is 463 g/mol. The molecule has 1 aliphatic rings. The van der Waals surface area contributed by atoms with Crippen molar-refractivity contribution in [2.24, 2.45) is 0 Å². The van der Waals surface area contributed by atoms with E-state index in [4.69, 9.17) is 4.74 Å². The molecule has 1 aromatic heterocycles. The molecule has 0 fully saturated rings. The number of H-pyrrole nitrogens is 1. The summed E-state index contributed by atoms with van der Waals surface area (Å²) < 4.78 is 5.50. The Morgan fingerprint density at radius 3 is 2.24 bits per heavy atom. The first-order valence-corrected chi connectivity index (χ1v) is 11.1. The number of aromatic amines is 1. The van der Waals surface area contributed by atoms with Gasteiger partial charge in [0.1, 0.15) is 18.7 Å². The van der Waals surface area contributed by atoms with Crippen molar-refractivity contribution in [3.8, 4) is 11.1 Å². The molecule has 0 aliphatic heterocycles. The van der Waals surface area contributed by atoms with E-state index in [1.165, 1.54) is 12.5 Å². The summed E-state index contributed by atoms with van der Waals surface area (Å²) in [6.45, 7) is 1.84. The molecule has 0 radical (unpaired) electrons. The predicted octanol–water partition coefficient (Wildman–Crippen LogP) is 2.84. The summed E-state index contributed by atoms with van der Waals surface area (Å²) in [4.78, 5) is 43.4. The highest BCUT2D eigenvalue weighted by atomic mass is 16.5. The van der Waals surface area contributed by atoms with Crippen LogP contribution >= 0.6 is 0 Å². The Morgan fingerprint density at radius 2 is 1.68 bits per heavy atom. The molecule has 9 heteroatoms. The number of nitrogens with one attached hydrogen (secondary N) is 3. The first-order valence-electron chi connectivity index (χ1n) is 11.1. The summed E-state index contributed by atoms with van der Waals surface area (Å²) in [6, 6.07) is 13.9. The Hall–Kier alpha value is -4.14. The molecule has 4 N–H and O–H groups in total. The van der Waals surface area contributed by atoms with Crippen molar-refractivity contribution in [2.75, 3.05) is 6.61 Å². The van der Waals surface area contributed by atoms with Crippen molar-refractivity contribution in [3.05, 3.63) is 77.9 Å². The first kappa shape index (κ1) is 23.0. The fraction of sp³-hybridized carbons (Fsp3) is 0.280. The van der Waals surface area contributed by atoms with E-state index in [9.17, 15) is 19.5 Å². The third-order valence-corrected chi connectivity index (χ3v) is 5.95. The minimum atomic E-state index is -1.18. The third-order valence-electron chi connectivity index (χ3n) is 5.95. The second kappa shape index (κ2) is 10.2. The van der Waals surface area contributed by atoms with Crippen LogP contribution in [0.4, 0.5) is 4.79 Å². The number of imidazole rings is 1. The molecule has 0 saturated carbocycles. The van der Waals surface area contributed by atoms with Gasteiger partial charge in [-0.1, -0.05) is 55.5 Å². The van der Waals surface area contributed by atoms with E-state index in [0.29, 0.717) is 5.69 Å². The van der Waals surface area contributed by atoms with Crippen LogP contribution in [0.2, 0.25) is 0 Å². The maximum Gasteiger partial charge on any atom is 0.407 e. The Kier molecular flexibility index (Phi) is 6.91. The second-order valence-electron chi connectivity index (χ2n) is 8.11. The van der Waals surface area contributed by atoms with Gasteiger partial charge in [0, 0.05) is 24.2 Å². The van der Waals surface area contributed by atoms with E-state index in [2.05, 4.69) is 20.6 Å². The molecular weight excluding hydrogens is 436 g/mol. The number of benzene rings is 2. The highest BCUT2D eigenvalue weighted by Crippen LogP contribution is 2.44. The summed E-state index contributed by atoms with van der Waals surface area (Å²) in [5.74, 6) is -1.88. The minimum absolute atomic E-state index is 0.0441. The van der Waals surface area contributed by atoms with Gasteiger partial charge in [0.15, 0.2) is 0 Å². The van der Waals surface area contributed by atoms with E-state index in [1.54, 1.807) is 6.92 Å². The molecule has 0 bridgehead atoms. The van der Waals surface area contributed by atoms with Gasteiger partial charge >= 0.3 is 12.1 Å². The van der Waals surface area contributed by atoms with Crippen LogP contribution in [0.5, 0.6) is 0 Å². The monoisotopic (exact) mass is 462 g/mol. The van der Waals surface area contributed by atoms with Crippen molar-refractivity contribution in [1.29, 1.82) is 0 Å². The largest absolute Gasteiger partial charge is 0.480 e. The minimum Gasteiger partial charge on any atom is -0.480 e. The molecule has 2 atom stereocenters. The molecule has 2 amide bonds. The van der Waals surface area contributed by atoms with Gasteiger partial charge in [0.25, 0.3) is 0 Å². The number of nitrogens with zero attached hydrogens (tertiary/aromatic N) is 1. The van der Waals surface area contributed by atoms with Crippen LogP contribution in [0.15, 0.2) is 61.1 Å². The second-order valence-corrected chi connectivity index (χ2v) is 8.11. The quantitative estimate of drug-likeness (QED) is 0.386. The Morgan fingerprint density at radius 1 is 1.03 bits per heavy atom. The molecule has 176 valence electrons. The van der Waals surface area contributed by atoms with Gasteiger partial charge in [-0.25, -0.2) is 14.6 Å². The van der Waals surface area contributed by atoms with E-state index in [0.717, 1.165) is 22.3 Å². The van der Waals surface area contributed by atoms with E-state index < -0.39 is 30.1 Å². The lowest BCUT2D eigenvalue weighted by atomic mass is 9.98. The van der Waals surface area contributed by atoms with Crippen LogP contribution in [0, 0.1) is 0 Å². The van der Waals surface area contributed by atoms with E-state index in [1.807, 2.05) is 48.5 Å². The molecule has 34 heavy (non-hydrogen) atoms. The molecular formula is C25H26N4O5. The number of carbonyl (C=O) groups is 3. The van der Waals surface area contributed by atoms with Crippen LogP contribution in [0.25, 0.3) is 11.1 Å². The Bertz CT molecular complexity index is 1130. The number of fused-ring (bicyclic) bond motifs is 3. The van der Waals surface area contributed by atoms with Gasteiger partial charge in [0.05, 0.1) is 6.33 Å².